The van der Waals surface area contributed by atoms with Gasteiger partial charge in [-0.05, 0) is 38.1 Å². The van der Waals surface area contributed by atoms with Crippen molar-refractivity contribution < 1.29 is 18.0 Å². The average Bonchev–Trinajstić information content (AvgIpc) is 2.87. The SMILES string of the molecule is Cc1cccc(NC(=O)CCNC(=O)CN(C)C2CCS(=O)(=O)C2)c1. The molecule has 0 radical (unpaired) electrons. The molecule has 8 heteroatoms. The zero-order valence-electron chi connectivity index (χ0n) is 14.6. The molecular weight excluding hydrogens is 342 g/mol. The lowest BCUT2D eigenvalue weighted by Gasteiger charge is -2.22. The van der Waals surface area contributed by atoms with E-state index in [-0.39, 0.29) is 48.9 Å². The van der Waals surface area contributed by atoms with Crippen molar-refractivity contribution in [3.8, 4) is 0 Å². The van der Waals surface area contributed by atoms with Crippen LogP contribution in [-0.2, 0) is 19.4 Å². The van der Waals surface area contributed by atoms with Gasteiger partial charge in [0.05, 0.1) is 18.1 Å². The molecule has 1 aromatic carbocycles. The van der Waals surface area contributed by atoms with Crippen LogP contribution in [0.15, 0.2) is 24.3 Å². The van der Waals surface area contributed by atoms with E-state index in [4.69, 9.17) is 0 Å². The minimum absolute atomic E-state index is 0.107. The molecular formula is C17H25N3O4S. The summed E-state index contributed by atoms with van der Waals surface area (Å²) in [6.07, 6.45) is 0.742. The third-order valence-corrected chi connectivity index (χ3v) is 5.95. The predicted molar refractivity (Wildman–Crippen MR) is 97.1 cm³/mol. The van der Waals surface area contributed by atoms with Crippen LogP contribution in [0.1, 0.15) is 18.4 Å². The van der Waals surface area contributed by atoms with Crippen molar-refractivity contribution in [2.45, 2.75) is 25.8 Å². The predicted octanol–water partition coefficient (Wildman–Crippen LogP) is 0.559. The van der Waals surface area contributed by atoms with Crippen LogP contribution in [0.3, 0.4) is 0 Å². The number of rotatable bonds is 7. The van der Waals surface area contributed by atoms with Crippen molar-refractivity contribution in [1.82, 2.24) is 10.2 Å². The molecule has 7 nitrogen and oxygen atoms in total. The zero-order valence-corrected chi connectivity index (χ0v) is 15.4. The summed E-state index contributed by atoms with van der Waals surface area (Å²) in [5.74, 6) is -0.0883. The molecule has 1 unspecified atom stereocenters. The monoisotopic (exact) mass is 367 g/mol. The summed E-state index contributed by atoms with van der Waals surface area (Å²) in [4.78, 5) is 25.5. The zero-order chi connectivity index (χ0) is 18.4. The van der Waals surface area contributed by atoms with Crippen LogP contribution in [0.4, 0.5) is 5.69 Å². The van der Waals surface area contributed by atoms with E-state index in [0.29, 0.717) is 6.42 Å². The Hall–Kier alpha value is -1.93. The van der Waals surface area contributed by atoms with Crippen molar-refractivity contribution in [3.63, 3.8) is 0 Å². The second kappa shape index (κ2) is 8.44. The van der Waals surface area contributed by atoms with E-state index in [1.807, 2.05) is 31.2 Å². The highest BCUT2D eigenvalue weighted by Gasteiger charge is 2.31. The van der Waals surface area contributed by atoms with Crippen molar-refractivity contribution >= 4 is 27.3 Å². The Morgan fingerprint density at radius 3 is 2.68 bits per heavy atom. The summed E-state index contributed by atoms with van der Waals surface area (Å²) in [7, 11) is -1.22. The first-order valence-corrected chi connectivity index (χ1v) is 10.1. The number of hydrogen-bond donors (Lipinski definition) is 2. The molecule has 0 bridgehead atoms. The fraction of sp³-hybridized carbons (Fsp3) is 0.529. The van der Waals surface area contributed by atoms with Gasteiger partial charge in [-0.3, -0.25) is 14.5 Å². The first-order valence-electron chi connectivity index (χ1n) is 8.29. The van der Waals surface area contributed by atoms with Gasteiger partial charge < -0.3 is 10.6 Å². The molecule has 0 spiro atoms. The lowest BCUT2D eigenvalue weighted by atomic mass is 10.2. The first-order chi connectivity index (χ1) is 11.7. The van der Waals surface area contributed by atoms with E-state index < -0.39 is 9.84 Å². The Balaban J connectivity index is 1.67. The Morgan fingerprint density at radius 2 is 2.04 bits per heavy atom. The van der Waals surface area contributed by atoms with Gasteiger partial charge in [0.25, 0.3) is 0 Å². The van der Waals surface area contributed by atoms with Gasteiger partial charge in [0, 0.05) is 24.7 Å². The Bertz CT molecular complexity index is 733. The van der Waals surface area contributed by atoms with E-state index in [0.717, 1.165) is 11.3 Å². The van der Waals surface area contributed by atoms with E-state index in [2.05, 4.69) is 10.6 Å². The summed E-state index contributed by atoms with van der Waals surface area (Å²) in [6, 6.07) is 7.39. The Morgan fingerprint density at radius 1 is 1.28 bits per heavy atom. The maximum absolute atomic E-state index is 11.9. The number of likely N-dealkylation sites (N-methyl/N-ethyl adjacent to an activating group) is 1. The third-order valence-electron chi connectivity index (χ3n) is 4.20. The molecule has 0 saturated carbocycles. The molecule has 2 amide bonds. The van der Waals surface area contributed by atoms with Crippen molar-refractivity contribution in [1.29, 1.82) is 0 Å². The molecule has 2 rings (SSSR count). The molecule has 0 aromatic heterocycles. The lowest BCUT2D eigenvalue weighted by molar-refractivity contribution is -0.122. The summed E-state index contributed by atoms with van der Waals surface area (Å²) in [5.41, 5.74) is 1.79. The van der Waals surface area contributed by atoms with Gasteiger partial charge in [-0.1, -0.05) is 12.1 Å². The van der Waals surface area contributed by atoms with Gasteiger partial charge >= 0.3 is 0 Å². The number of nitrogens with one attached hydrogen (secondary N) is 2. The molecule has 2 N–H and O–H groups in total. The largest absolute Gasteiger partial charge is 0.354 e. The average molecular weight is 367 g/mol. The minimum atomic E-state index is -2.96. The summed E-state index contributed by atoms with van der Waals surface area (Å²) >= 11 is 0. The van der Waals surface area contributed by atoms with Gasteiger partial charge in [0.2, 0.25) is 11.8 Å². The third kappa shape index (κ3) is 6.47. The van der Waals surface area contributed by atoms with Crippen molar-refractivity contribution in [2.24, 2.45) is 0 Å². The van der Waals surface area contributed by atoms with Crippen molar-refractivity contribution in [2.75, 3.05) is 37.0 Å². The standard InChI is InChI=1S/C17H25N3O4S/c1-13-4-3-5-14(10-13)19-16(21)6-8-18-17(22)11-20(2)15-7-9-25(23,24)12-15/h3-5,10,15H,6-9,11-12H2,1-2H3,(H,18,22)(H,19,21). The topological polar surface area (TPSA) is 95.6 Å². The molecule has 1 fully saturated rings. The van der Waals surface area contributed by atoms with E-state index in [1.54, 1.807) is 11.9 Å². The summed E-state index contributed by atoms with van der Waals surface area (Å²) in [5, 5.41) is 5.48. The molecule has 1 aliphatic rings. The van der Waals surface area contributed by atoms with Crippen LogP contribution in [-0.4, -0.2) is 62.8 Å². The molecule has 138 valence electrons. The maximum Gasteiger partial charge on any atom is 0.234 e. The number of hydrogen-bond acceptors (Lipinski definition) is 5. The smallest absolute Gasteiger partial charge is 0.234 e. The molecule has 1 aromatic rings. The highest BCUT2D eigenvalue weighted by molar-refractivity contribution is 7.91. The van der Waals surface area contributed by atoms with Gasteiger partial charge in [0.15, 0.2) is 9.84 Å². The Kier molecular flexibility index (Phi) is 6.55. The molecule has 0 aliphatic carbocycles. The second-order valence-corrected chi connectivity index (χ2v) is 8.72. The van der Waals surface area contributed by atoms with E-state index in [9.17, 15) is 18.0 Å². The summed E-state index contributed by atoms with van der Waals surface area (Å²) in [6.45, 7) is 2.31. The summed E-state index contributed by atoms with van der Waals surface area (Å²) < 4.78 is 23.0. The Labute approximate surface area is 148 Å². The van der Waals surface area contributed by atoms with Gasteiger partial charge in [0.1, 0.15) is 0 Å². The van der Waals surface area contributed by atoms with E-state index >= 15 is 0 Å². The van der Waals surface area contributed by atoms with Crippen molar-refractivity contribution in [3.05, 3.63) is 29.8 Å². The molecule has 1 saturated heterocycles. The number of carbonyl (C=O) groups excluding carboxylic acids is 2. The normalized spacial score (nSPS) is 18.9. The maximum atomic E-state index is 11.9. The number of anilines is 1. The van der Waals surface area contributed by atoms with Crippen LogP contribution in [0.5, 0.6) is 0 Å². The molecule has 25 heavy (non-hydrogen) atoms. The first kappa shape index (κ1) is 19.4. The number of aryl methyl sites for hydroxylation is 1. The minimum Gasteiger partial charge on any atom is -0.354 e. The fourth-order valence-electron chi connectivity index (χ4n) is 2.80. The van der Waals surface area contributed by atoms with E-state index in [1.165, 1.54) is 0 Å². The number of sulfone groups is 1. The number of carbonyl (C=O) groups is 2. The van der Waals surface area contributed by atoms with Crippen LogP contribution >= 0.6 is 0 Å². The van der Waals surface area contributed by atoms with Crippen LogP contribution < -0.4 is 10.6 Å². The lowest BCUT2D eigenvalue weighted by Crippen LogP contribution is -2.41. The highest BCUT2D eigenvalue weighted by atomic mass is 32.2. The number of nitrogens with zero attached hydrogens (tertiary/aromatic N) is 1. The fourth-order valence-corrected chi connectivity index (χ4v) is 4.60. The molecule has 1 atom stereocenters. The van der Waals surface area contributed by atoms with Gasteiger partial charge in [-0.15, -0.1) is 0 Å². The second-order valence-electron chi connectivity index (χ2n) is 6.49. The number of amides is 2. The van der Waals surface area contributed by atoms with Gasteiger partial charge in [-0.2, -0.15) is 0 Å². The quantitative estimate of drug-likeness (QED) is 0.734. The van der Waals surface area contributed by atoms with Crippen LogP contribution in [0.2, 0.25) is 0 Å². The highest BCUT2D eigenvalue weighted by Crippen LogP contribution is 2.16. The van der Waals surface area contributed by atoms with Crippen LogP contribution in [0, 0.1) is 6.92 Å². The van der Waals surface area contributed by atoms with Crippen LogP contribution in [0.25, 0.3) is 0 Å². The molecule has 1 aliphatic heterocycles. The van der Waals surface area contributed by atoms with Gasteiger partial charge in [-0.25, -0.2) is 8.42 Å². The number of benzene rings is 1. The molecule has 1 heterocycles.